The Morgan fingerprint density at radius 3 is 2.76 bits per heavy atom. The van der Waals surface area contributed by atoms with Crippen molar-refractivity contribution >= 4 is 17.8 Å². The number of ether oxygens (including phenoxy) is 1. The molecule has 0 bridgehead atoms. The highest BCUT2D eigenvalue weighted by molar-refractivity contribution is 6.07. The molecule has 0 radical (unpaired) electrons. The smallest absolute Gasteiger partial charge is 0.373 e. The van der Waals surface area contributed by atoms with Crippen molar-refractivity contribution in [3.63, 3.8) is 0 Å². The van der Waals surface area contributed by atoms with Crippen LogP contribution in [-0.2, 0) is 4.74 Å². The lowest BCUT2D eigenvalue weighted by atomic mass is 9.68. The molecule has 1 saturated carbocycles. The van der Waals surface area contributed by atoms with Crippen molar-refractivity contribution < 1.29 is 13.9 Å². The Bertz CT molecular complexity index is 1060. The molecule has 182 valence electrons. The van der Waals surface area contributed by atoms with E-state index in [0.29, 0.717) is 11.7 Å². The number of furan rings is 1. The highest BCUT2D eigenvalue weighted by Crippen LogP contribution is 2.50. The van der Waals surface area contributed by atoms with Gasteiger partial charge in [-0.1, -0.05) is 71.4 Å². The number of methoxy groups -OCH3 is 1. The van der Waals surface area contributed by atoms with E-state index in [4.69, 9.17) is 14.1 Å². The van der Waals surface area contributed by atoms with Crippen molar-refractivity contribution in [3.05, 3.63) is 64.3 Å². The summed E-state index contributed by atoms with van der Waals surface area (Å²) >= 11 is 0. The number of esters is 1. The number of aliphatic imine (C=N–C) groups is 1. The highest BCUT2D eigenvalue weighted by Gasteiger charge is 2.40. The maximum atomic E-state index is 11.7. The number of carbonyl (C=O) groups is 1. The van der Waals surface area contributed by atoms with Crippen LogP contribution < -0.4 is 0 Å². The summed E-state index contributed by atoms with van der Waals surface area (Å²) < 4.78 is 10.4. The summed E-state index contributed by atoms with van der Waals surface area (Å²) in [4.78, 5) is 16.9. The molecule has 1 unspecified atom stereocenters. The Morgan fingerprint density at radius 1 is 1.18 bits per heavy atom. The molecule has 1 fully saturated rings. The first-order valence-corrected chi connectivity index (χ1v) is 13.1. The molecule has 0 amide bonds. The van der Waals surface area contributed by atoms with Gasteiger partial charge in [-0.05, 0) is 66.5 Å². The summed E-state index contributed by atoms with van der Waals surface area (Å²) in [6.07, 6.45) is 21.2. The van der Waals surface area contributed by atoms with E-state index in [2.05, 4.69) is 39.0 Å². The number of allylic oxidation sites excluding steroid dienone is 6. The van der Waals surface area contributed by atoms with Crippen LogP contribution in [0.2, 0.25) is 0 Å². The summed E-state index contributed by atoms with van der Waals surface area (Å²) in [7, 11) is 1.36. The Labute approximate surface area is 204 Å². The molecule has 1 aromatic rings. The zero-order valence-corrected chi connectivity index (χ0v) is 21.3. The lowest BCUT2D eigenvalue weighted by Crippen LogP contribution is -2.27. The number of fused-ring (bicyclic) bond motifs is 2. The number of hydrogen-bond donors (Lipinski definition) is 0. The van der Waals surface area contributed by atoms with Crippen molar-refractivity contribution in [2.24, 2.45) is 16.3 Å². The van der Waals surface area contributed by atoms with E-state index < -0.39 is 5.97 Å². The van der Waals surface area contributed by atoms with Crippen LogP contribution in [0.15, 0.2) is 62.2 Å². The first kappa shape index (κ1) is 24.5. The zero-order valence-electron chi connectivity index (χ0n) is 21.3. The molecule has 4 rings (SSSR count). The lowest BCUT2D eigenvalue weighted by Gasteiger charge is -2.35. The molecule has 34 heavy (non-hydrogen) atoms. The van der Waals surface area contributed by atoms with Crippen LogP contribution in [0.1, 0.15) is 101 Å². The van der Waals surface area contributed by atoms with Crippen LogP contribution in [0.25, 0.3) is 6.08 Å². The van der Waals surface area contributed by atoms with Gasteiger partial charge in [0.25, 0.3) is 0 Å². The highest BCUT2D eigenvalue weighted by atomic mass is 16.5. The number of carbonyl (C=O) groups excluding carboxylic acids is 1. The van der Waals surface area contributed by atoms with Gasteiger partial charge >= 0.3 is 5.97 Å². The minimum atomic E-state index is -0.461. The average molecular weight is 462 g/mol. The maximum absolute atomic E-state index is 11.7. The molecule has 2 aliphatic carbocycles. The van der Waals surface area contributed by atoms with Crippen LogP contribution in [0, 0.1) is 11.3 Å². The molecule has 0 N–H and O–H groups in total. The fourth-order valence-corrected chi connectivity index (χ4v) is 5.60. The summed E-state index contributed by atoms with van der Waals surface area (Å²) in [6.45, 7) is 7.05. The van der Waals surface area contributed by atoms with Gasteiger partial charge in [0.05, 0.1) is 12.8 Å². The second-order valence-corrected chi connectivity index (χ2v) is 10.4. The van der Waals surface area contributed by atoms with Crippen LogP contribution in [0.5, 0.6) is 0 Å². The van der Waals surface area contributed by atoms with Crippen molar-refractivity contribution in [2.45, 2.75) is 85.0 Å². The third-order valence-electron chi connectivity index (χ3n) is 7.41. The molecule has 0 saturated heterocycles. The van der Waals surface area contributed by atoms with Gasteiger partial charge in [0.1, 0.15) is 5.76 Å². The van der Waals surface area contributed by atoms with Gasteiger partial charge in [0.15, 0.2) is 0 Å². The Balaban J connectivity index is 1.58. The summed E-state index contributed by atoms with van der Waals surface area (Å²) in [6, 6.07) is 3.45. The number of hydrogen-bond acceptors (Lipinski definition) is 4. The molecule has 3 aliphatic rings. The van der Waals surface area contributed by atoms with Gasteiger partial charge in [-0.25, -0.2) is 4.79 Å². The van der Waals surface area contributed by atoms with E-state index in [1.54, 1.807) is 12.1 Å². The lowest BCUT2D eigenvalue weighted by molar-refractivity contribution is 0.0564. The predicted molar refractivity (Wildman–Crippen MR) is 139 cm³/mol. The molecule has 4 heteroatoms. The Morgan fingerprint density at radius 2 is 1.97 bits per heavy atom. The molecule has 1 aromatic heterocycles. The van der Waals surface area contributed by atoms with Crippen LogP contribution >= 0.6 is 0 Å². The Hall–Kier alpha value is -2.62. The molecule has 2 heterocycles. The fraction of sp³-hybridized carbons (Fsp3) is 0.533. The van der Waals surface area contributed by atoms with Gasteiger partial charge in [-0.15, -0.1) is 0 Å². The largest absolute Gasteiger partial charge is 0.463 e. The van der Waals surface area contributed by atoms with Crippen molar-refractivity contribution in [2.75, 3.05) is 7.11 Å². The SMILES string of the molecule is CCCCCCCCC1C=CC(/C=C/c2ccc(C(=O)OC)o2)=C2N=C3CCCC(C)(C)C3=C21. The number of nitrogens with zero attached hydrogens (tertiary/aromatic N) is 1. The monoisotopic (exact) mass is 461 g/mol. The summed E-state index contributed by atoms with van der Waals surface area (Å²) in [5.41, 5.74) is 6.71. The first-order valence-electron chi connectivity index (χ1n) is 13.1. The topological polar surface area (TPSA) is 51.8 Å². The van der Waals surface area contributed by atoms with Gasteiger partial charge in [-0.3, -0.25) is 4.99 Å². The van der Waals surface area contributed by atoms with Crippen LogP contribution in [0.3, 0.4) is 0 Å². The van der Waals surface area contributed by atoms with Gasteiger partial charge < -0.3 is 9.15 Å². The predicted octanol–water partition coefficient (Wildman–Crippen LogP) is 8.23. The van der Waals surface area contributed by atoms with Gasteiger partial charge in [0, 0.05) is 17.2 Å². The molecule has 0 spiro atoms. The Kier molecular flexibility index (Phi) is 7.75. The maximum Gasteiger partial charge on any atom is 0.373 e. The van der Waals surface area contributed by atoms with Gasteiger partial charge in [-0.2, -0.15) is 0 Å². The van der Waals surface area contributed by atoms with Crippen LogP contribution in [-0.4, -0.2) is 18.8 Å². The first-order chi connectivity index (χ1) is 16.4. The summed E-state index contributed by atoms with van der Waals surface area (Å²) in [5.74, 6) is 0.835. The normalized spacial score (nSPS) is 21.2. The quantitative estimate of drug-likeness (QED) is 0.260. The van der Waals surface area contributed by atoms with E-state index in [1.165, 1.54) is 81.8 Å². The van der Waals surface area contributed by atoms with E-state index in [0.717, 1.165) is 17.7 Å². The molecule has 1 atom stereocenters. The van der Waals surface area contributed by atoms with Crippen molar-refractivity contribution in [3.8, 4) is 0 Å². The van der Waals surface area contributed by atoms with Crippen LogP contribution in [0.4, 0.5) is 0 Å². The fourth-order valence-electron chi connectivity index (χ4n) is 5.60. The molecule has 0 aromatic carbocycles. The van der Waals surface area contributed by atoms with Crippen molar-refractivity contribution in [1.29, 1.82) is 0 Å². The standard InChI is InChI=1S/C30H39NO3/c1-5-6-7-8-9-10-12-21-14-15-22(16-17-23-18-19-25(34-23)29(32)33-4)28-26(21)27-24(31-28)13-11-20-30(27,2)3/h14-19,21H,5-13,20H2,1-4H3/b17-16+. The second-order valence-electron chi connectivity index (χ2n) is 10.4. The molecule has 4 nitrogen and oxygen atoms in total. The number of unbranched alkanes of at least 4 members (excludes halogenated alkanes) is 5. The molecular weight excluding hydrogens is 422 g/mol. The van der Waals surface area contributed by atoms with Gasteiger partial charge in [0.2, 0.25) is 5.76 Å². The van der Waals surface area contributed by atoms with E-state index >= 15 is 0 Å². The van der Waals surface area contributed by atoms with Crippen molar-refractivity contribution in [1.82, 2.24) is 0 Å². The molecular formula is C30H39NO3. The van der Waals surface area contributed by atoms with E-state index in [1.807, 2.05) is 6.08 Å². The zero-order chi connectivity index (χ0) is 24.1. The average Bonchev–Trinajstić information content (AvgIpc) is 3.46. The third-order valence-corrected chi connectivity index (χ3v) is 7.41. The minimum Gasteiger partial charge on any atom is -0.463 e. The van der Waals surface area contributed by atoms with E-state index in [9.17, 15) is 4.79 Å². The molecule has 1 aliphatic heterocycles. The number of rotatable bonds is 10. The minimum absolute atomic E-state index is 0.171. The third kappa shape index (κ3) is 5.21. The summed E-state index contributed by atoms with van der Waals surface area (Å²) in [5, 5.41) is 0. The second kappa shape index (κ2) is 10.8. The van der Waals surface area contributed by atoms with E-state index in [-0.39, 0.29) is 11.2 Å².